The Morgan fingerprint density at radius 1 is 0.923 bits per heavy atom. The molecule has 13 heavy (non-hydrogen) atoms. The van der Waals surface area contributed by atoms with E-state index in [0.717, 1.165) is 0 Å². The highest BCUT2D eigenvalue weighted by molar-refractivity contribution is 4.69. The maximum absolute atomic E-state index is 8.84. The molecule has 0 aromatic rings. The Kier molecular flexibility index (Phi) is 7.17. The summed E-state index contributed by atoms with van der Waals surface area (Å²) in [7, 11) is 0. The third-order valence-corrected chi connectivity index (χ3v) is 1.80. The van der Waals surface area contributed by atoms with Gasteiger partial charge in [0.25, 0.3) is 0 Å². The van der Waals surface area contributed by atoms with Crippen molar-refractivity contribution >= 4 is 0 Å². The van der Waals surface area contributed by atoms with Crippen LogP contribution in [0, 0.1) is 0 Å². The first-order chi connectivity index (χ1) is 6.24. The minimum atomic E-state index is -0.799. The minimum absolute atomic E-state index is 0. The molecule has 0 atom stereocenters. The van der Waals surface area contributed by atoms with Gasteiger partial charge in [-0.15, -0.1) is 0 Å². The van der Waals surface area contributed by atoms with Crippen LogP contribution in [0.1, 0.15) is 26.7 Å². The number of aliphatic hydroxyl groups is 2. The average Bonchev–Trinajstić information content (AvgIpc) is 2.06. The lowest BCUT2D eigenvalue weighted by Gasteiger charge is -2.32. The fourth-order valence-electron chi connectivity index (χ4n) is 1.32. The summed E-state index contributed by atoms with van der Waals surface area (Å²) in [5.74, 6) is -0.799. The third kappa shape index (κ3) is 4.57. The second-order valence-corrected chi connectivity index (χ2v) is 2.72. The Hall–Kier alpha value is -0.160. The summed E-state index contributed by atoms with van der Waals surface area (Å²) in [5, 5.41) is 17.7. The van der Waals surface area contributed by atoms with Gasteiger partial charge in [0, 0.05) is 39.3 Å². The Morgan fingerprint density at radius 3 is 1.54 bits per heavy atom. The molecule has 0 aliphatic rings. The van der Waals surface area contributed by atoms with E-state index in [9.17, 15) is 0 Å². The van der Waals surface area contributed by atoms with Crippen LogP contribution >= 0.6 is 0 Å². The number of hydrogen-bond acceptors (Lipinski definition) is 4. The van der Waals surface area contributed by atoms with E-state index in [1.165, 1.54) is 0 Å². The zero-order valence-corrected chi connectivity index (χ0v) is 8.45. The lowest BCUT2D eigenvalue weighted by molar-refractivity contribution is -0.246. The van der Waals surface area contributed by atoms with Gasteiger partial charge >= 0.3 is 0 Å². The SMILES string of the molecule is CCOC(CCO)(CCO)OCC. The molecule has 2 N–H and O–H groups in total. The Morgan fingerprint density at radius 2 is 1.31 bits per heavy atom. The molecular weight excluding hydrogens is 172 g/mol. The standard InChI is InChI=1S/C9H20O4/c1-3-12-9(5-7-10,6-8-11)13-4-2/h10-11H,3-8H2,1-2H3. The second kappa shape index (κ2) is 7.26. The first-order valence-electron chi connectivity index (χ1n) is 4.74. The highest BCUT2D eigenvalue weighted by Gasteiger charge is 2.29. The topological polar surface area (TPSA) is 58.9 Å². The van der Waals surface area contributed by atoms with Crippen molar-refractivity contribution in [2.75, 3.05) is 26.4 Å². The fourth-order valence-corrected chi connectivity index (χ4v) is 1.32. The monoisotopic (exact) mass is 192 g/mol. The first kappa shape index (κ1) is 12.8. The first-order valence-corrected chi connectivity index (χ1v) is 4.74. The van der Waals surface area contributed by atoms with E-state index in [4.69, 9.17) is 19.7 Å². The molecule has 0 radical (unpaired) electrons. The van der Waals surface area contributed by atoms with Crippen LogP contribution in [0.4, 0.5) is 0 Å². The summed E-state index contributed by atoms with van der Waals surface area (Å²) in [4.78, 5) is 0. The molecule has 0 aliphatic carbocycles. The molecule has 0 amide bonds. The van der Waals surface area contributed by atoms with Gasteiger partial charge in [0.15, 0.2) is 5.79 Å². The van der Waals surface area contributed by atoms with Gasteiger partial charge in [-0.2, -0.15) is 0 Å². The van der Waals surface area contributed by atoms with Gasteiger partial charge < -0.3 is 19.7 Å². The van der Waals surface area contributed by atoms with Crippen LogP contribution in [-0.4, -0.2) is 42.4 Å². The number of rotatable bonds is 8. The van der Waals surface area contributed by atoms with Crippen LogP contribution in [0.3, 0.4) is 0 Å². The highest BCUT2D eigenvalue weighted by Crippen LogP contribution is 2.21. The van der Waals surface area contributed by atoms with Crippen LogP contribution in [-0.2, 0) is 9.47 Å². The second-order valence-electron chi connectivity index (χ2n) is 2.72. The van der Waals surface area contributed by atoms with E-state index in [1.54, 1.807) is 0 Å². The summed E-state index contributed by atoms with van der Waals surface area (Å²) in [5.41, 5.74) is 0. The molecule has 0 heterocycles. The van der Waals surface area contributed by atoms with Crippen LogP contribution in [0.25, 0.3) is 0 Å². The molecule has 0 aromatic carbocycles. The minimum Gasteiger partial charge on any atom is -0.396 e. The van der Waals surface area contributed by atoms with E-state index in [1.807, 2.05) is 13.8 Å². The molecule has 0 aliphatic heterocycles. The van der Waals surface area contributed by atoms with Crippen molar-refractivity contribution in [3.05, 3.63) is 0 Å². The lowest BCUT2D eigenvalue weighted by atomic mass is 10.1. The average molecular weight is 192 g/mol. The van der Waals surface area contributed by atoms with E-state index < -0.39 is 5.79 Å². The molecule has 0 bridgehead atoms. The maximum atomic E-state index is 8.84. The van der Waals surface area contributed by atoms with Gasteiger partial charge in [-0.05, 0) is 13.8 Å². The van der Waals surface area contributed by atoms with Gasteiger partial charge in [0.05, 0.1) is 0 Å². The van der Waals surface area contributed by atoms with E-state index in [-0.39, 0.29) is 13.2 Å². The number of ether oxygens (including phenoxy) is 2. The maximum Gasteiger partial charge on any atom is 0.172 e. The van der Waals surface area contributed by atoms with E-state index in [2.05, 4.69) is 0 Å². The number of aliphatic hydroxyl groups excluding tert-OH is 2. The van der Waals surface area contributed by atoms with Gasteiger partial charge in [0.2, 0.25) is 0 Å². The van der Waals surface area contributed by atoms with Crippen molar-refractivity contribution in [2.45, 2.75) is 32.5 Å². The van der Waals surface area contributed by atoms with Crippen molar-refractivity contribution in [2.24, 2.45) is 0 Å². The van der Waals surface area contributed by atoms with Crippen LogP contribution in [0.5, 0.6) is 0 Å². The Balaban J connectivity index is 4.19. The molecule has 0 unspecified atom stereocenters. The summed E-state index contributed by atoms with van der Waals surface area (Å²) < 4.78 is 10.8. The van der Waals surface area contributed by atoms with E-state index >= 15 is 0 Å². The smallest absolute Gasteiger partial charge is 0.172 e. The molecule has 0 saturated carbocycles. The third-order valence-electron chi connectivity index (χ3n) is 1.80. The normalized spacial score (nSPS) is 12.0. The molecule has 0 saturated heterocycles. The van der Waals surface area contributed by atoms with Gasteiger partial charge in [-0.1, -0.05) is 0 Å². The van der Waals surface area contributed by atoms with Crippen LogP contribution < -0.4 is 0 Å². The van der Waals surface area contributed by atoms with Gasteiger partial charge in [-0.25, -0.2) is 0 Å². The van der Waals surface area contributed by atoms with Crippen molar-refractivity contribution in [1.82, 2.24) is 0 Å². The van der Waals surface area contributed by atoms with Crippen molar-refractivity contribution in [1.29, 1.82) is 0 Å². The predicted molar refractivity (Wildman–Crippen MR) is 49.4 cm³/mol. The largest absolute Gasteiger partial charge is 0.396 e. The summed E-state index contributed by atoms with van der Waals surface area (Å²) >= 11 is 0. The summed E-state index contributed by atoms with van der Waals surface area (Å²) in [6.45, 7) is 4.75. The molecule has 80 valence electrons. The zero-order valence-electron chi connectivity index (χ0n) is 8.45. The van der Waals surface area contributed by atoms with Gasteiger partial charge in [-0.3, -0.25) is 0 Å². The van der Waals surface area contributed by atoms with Crippen LogP contribution in [0.15, 0.2) is 0 Å². The highest BCUT2D eigenvalue weighted by atomic mass is 16.7. The summed E-state index contributed by atoms with van der Waals surface area (Å²) in [6, 6.07) is 0. The van der Waals surface area contributed by atoms with Crippen molar-refractivity contribution in [3.8, 4) is 0 Å². The van der Waals surface area contributed by atoms with Crippen LogP contribution in [0.2, 0.25) is 0 Å². The fraction of sp³-hybridized carbons (Fsp3) is 1.00. The predicted octanol–water partition coefficient (Wildman–Crippen LogP) is 0.520. The quantitative estimate of drug-likeness (QED) is 0.550. The lowest BCUT2D eigenvalue weighted by Crippen LogP contribution is -2.38. The molecule has 4 nitrogen and oxygen atoms in total. The summed E-state index contributed by atoms with van der Waals surface area (Å²) in [6.07, 6.45) is 0.796. The van der Waals surface area contributed by atoms with E-state index in [0.29, 0.717) is 26.1 Å². The van der Waals surface area contributed by atoms with Gasteiger partial charge in [0.1, 0.15) is 0 Å². The molecule has 0 fully saturated rings. The molecule has 0 rings (SSSR count). The molecule has 4 heteroatoms. The zero-order chi connectivity index (χ0) is 10.2. The Bertz CT molecular complexity index is 86.7. The number of hydrogen-bond donors (Lipinski definition) is 2. The molecule has 0 spiro atoms. The molecule has 0 aromatic heterocycles. The van der Waals surface area contributed by atoms with Crippen molar-refractivity contribution in [3.63, 3.8) is 0 Å². The Labute approximate surface area is 79.5 Å². The molecular formula is C9H20O4. The van der Waals surface area contributed by atoms with Crippen molar-refractivity contribution < 1.29 is 19.7 Å².